The first-order valence-electron chi connectivity index (χ1n) is 7.56. The lowest BCUT2D eigenvalue weighted by Crippen LogP contribution is -2.60. The maximum Gasteiger partial charge on any atom is 0.128 e. The Hall–Kier alpha value is -0.190. The molecule has 0 unspecified atom stereocenters. The second-order valence-corrected chi connectivity index (χ2v) is 7.20. The summed E-state index contributed by atoms with van der Waals surface area (Å²) >= 11 is 0. The van der Waals surface area contributed by atoms with Gasteiger partial charge in [0.15, 0.2) is 0 Å². The van der Waals surface area contributed by atoms with Gasteiger partial charge < -0.3 is 4.74 Å². The molecule has 0 amide bonds. The Kier molecular flexibility index (Phi) is 4.53. The van der Waals surface area contributed by atoms with Crippen LogP contribution in [0.25, 0.3) is 0 Å². The van der Waals surface area contributed by atoms with Crippen molar-refractivity contribution in [3.8, 4) is 0 Å². The topological polar surface area (TPSA) is 15.7 Å². The Morgan fingerprint density at radius 3 is 2.11 bits per heavy atom. The van der Waals surface area contributed by atoms with Crippen molar-refractivity contribution in [3.63, 3.8) is 0 Å². The van der Waals surface area contributed by atoms with Crippen LogP contribution in [0.15, 0.2) is 0 Å². The van der Waals surface area contributed by atoms with Crippen LogP contribution >= 0.6 is 0 Å². The Morgan fingerprint density at radius 1 is 1.05 bits per heavy atom. The number of hydrogen-bond donors (Lipinski definition) is 0. The van der Waals surface area contributed by atoms with E-state index in [2.05, 4.69) is 44.4 Å². The maximum absolute atomic E-state index is 14.5. The molecule has 0 aromatic rings. The van der Waals surface area contributed by atoms with Crippen molar-refractivity contribution in [2.45, 2.75) is 71.0 Å². The Morgan fingerprint density at radius 2 is 1.63 bits per heavy atom. The van der Waals surface area contributed by atoms with Crippen LogP contribution in [0.4, 0.5) is 4.39 Å². The van der Waals surface area contributed by atoms with Crippen molar-refractivity contribution in [2.24, 2.45) is 0 Å². The van der Waals surface area contributed by atoms with Crippen LogP contribution in [0.5, 0.6) is 0 Å². The monoisotopic (exact) mass is 272 g/mol. The zero-order valence-corrected chi connectivity index (χ0v) is 13.0. The summed E-state index contributed by atoms with van der Waals surface area (Å²) in [5.41, 5.74) is 0.0703. The van der Waals surface area contributed by atoms with Crippen LogP contribution in [0.1, 0.15) is 41.0 Å². The maximum atomic E-state index is 14.5. The number of hydrogen-bond acceptors (Lipinski definition) is 3. The third-order valence-corrected chi connectivity index (χ3v) is 4.37. The summed E-state index contributed by atoms with van der Waals surface area (Å²) < 4.78 is 20.3. The van der Waals surface area contributed by atoms with E-state index in [0.717, 1.165) is 26.1 Å². The standard InChI is InChI=1S/C15H29FN2O/c1-11-8-17(9-12(2)19-11)14-6-7-18(10-13(14)16)15(3,4)5/h11-14H,6-10H2,1-5H3/t11-,12+,13-,14+/m0/s1. The number of morpholine rings is 1. The summed E-state index contributed by atoms with van der Waals surface area (Å²) in [6, 6.07) is 0.0763. The Labute approximate surface area is 117 Å². The van der Waals surface area contributed by atoms with Crippen LogP contribution in [-0.2, 0) is 4.74 Å². The molecule has 0 spiro atoms. The molecule has 3 nitrogen and oxygen atoms in total. The zero-order chi connectivity index (χ0) is 14.2. The lowest BCUT2D eigenvalue weighted by Gasteiger charge is -2.47. The largest absolute Gasteiger partial charge is 0.373 e. The summed E-state index contributed by atoms with van der Waals surface area (Å²) in [6.07, 6.45) is 0.622. The normalized spacial score (nSPS) is 39.5. The Balaban J connectivity index is 1.96. The van der Waals surface area contributed by atoms with Gasteiger partial charge in [0.25, 0.3) is 0 Å². The van der Waals surface area contributed by atoms with E-state index in [4.69, 9.17) is 4.74 Å². The van der Waals surface area contributed by atoms with Gasteiger partial charge in [-0.3, -0.25) is 9.80 Å². The number of nitrogens with zero attached hydrogens (tertiary/aromatic N) is 2. The molecule has 2 heterocycles. The molecule has 0 aliphatic carbocycles. The molecule has 19 heavy (non-hydrogen) atoms. The summed E-state index contributed by atoms with van der Waals surface area (Å²) in [5.74, 6) is 0. The van der Waals surface area contributed by atoms with E-state index >= 15 is 0 Å². The van der Waals surface area contributed by atoms with Gasteiger partial charge in [0, 0.05) is 37.8 Å². The molecule has 2 fully saturated rings. The van der Waals surface area contributed by atoms with Crippen molar-refractivity contribution < 1.29 is 9.13 Å². The molecule has 0 aromatic heterocycles. The first-order valence-corrected chi connectivity index (χ1v) is 7.56. The average Bonchev–Trinajstić information content (AvgIpc) is 2.26. The minimum Gasteiger partial charge on any atom is -0.373 e. The third-order valence-electron chi connectivity index (χ3n) is 4.37. The summed E-state index contributed by atoms with van der Waals surface area (Å²) in [6.45, 7) is 14.0. The number of rotatable bonds is 1. The highest BCUT2D eigenvalue weighted by molar-refractivity contribution is 4.93. The van der Waals surface area contributed by atoms with Crippen LogP contribution in [0.2, 0.25) is 0 Å². The number of likely N-dealkylation sites (tertiary alicyclic amines) is 1. The second-order valence-electron chi connectivity index (χ2n) is 7.20. The van der Waals surface area contributed by atoms with Gasteiger partial charge in [-0.2, -0.15) is 0 Å². The van der Waals surface area contributed by atoms with Gasteiger partial charge >= 0.3 is 0 Å². The van der Waals surface area contributed by atoms with Gasteiger partial charge in [-0.25, -0.2) is 4.39 Å². The van der Waals surface area contributed by atoms with Crippen molar-refractivity contribution >= 4 is 0 Å². The van der Waals surface area contributed by atoms with Gasteiger partial charge in [0.1, 0.15) is 6.17 Å². The molecule has 0 N–H and O–H groups in total. The number of ether oxygens (including phenoxy) is 1. The molecule has 2 aliphatic rings. The highest BCUT2D eigenvalue weighted by Gasteiger charge is 2.39. The summed E-state index contributed by atoms with van der Waals surface area (Å²) in [7, 11) is 0. The van der Waals surface area contributed by atoms with E-state index in [-0.39, 0.29) is 23.8 Å². The van der Waals surface area contributed by atoms with E-state index in [1.165, 1.54) is 0 Å². The summed E-state index contributed by atoms with van der Waals surface area (Å²) in [5, 5.41) is 0. The lowest BCUT2D eigenvalue weighted by atomic mass is 9.95. The molecule has 0 radical (unpaired) electrons. The third kappa shape index (κ3) is 3.67. The van der Waals surface area contributed by atoms with Crippen LogP contribution in [-0.4, -0.2) is 65.9 Å². The predicted octanol–water partition coefficient (Wildman–Crippen LogP) is 2.31. The van der Waals surface area contributed by atoms with E-state index < -0.39 is 6.17 Å². The minimum atomic E-state index is -0.745. The summed E-state index contributed by atoms with van der Waals surface area (Å²) in [4.78, 5) is 4.57. The van der Waals surface area contributed by atoms with Crippen LogP contribution in [0, 0.1) is 0 Å². The van der Waals surface area contributed by atoms with Gasteiger partial charge in [0.2, 0.25) is 0 Å². The molecule has 2 aliphatic heterocycles. The number of halogens is 1. The molecule has 2 saturated heterocycles. The predicted molar refractivity (Wildman–Crippen MR) is 76.2 cm³/mol. The molecule has 4 atom stereocenters. The van der Waals surface area contributed by atoms with E-state index in [9.17, 15) is 4.39 Å². The number of alkyl halides is 1. The van der Waals surface area contributed by atoms with Crippen LogP contribution < -0.4 is 0 Å². The smallest absolute Gasteiger partial charge is 0.128 e. The first kappa shape index (κ1) is 15.2. The molecule has 0 aromatic carbocycles. The van der Waals surface area contributed by atoms with Crippen molar-refractivity contribution in [2.75, 3.05) is 26.2 Å². The first-order chi connectivity index (χ1) is 8.77. The van der Waals surface area contributed by atoms with Gasteiger partial charge in [-0.1, -0.05) is 0 Å². The van der Waals surface area contributed by atoms with Gasteiger partial charge in [0.05, 0.1) is 12.2 Å². The molecule has 0 saturated carbocycles. The van der Waals surface area contributed by atoms with Gasteiger partial charge in [-0.05, 0) is 41.0 Å². The van der Waals surface area contributed by atoms with Crippen LogP contribution in [0.3, 0.4) is 0 Å². The molecule has 4 heteroatoms. The molecule has 0 bridgehead atoms. The second kappa shape index (κ2) is 5.66. The fourth-order valence-corrected chi connectivity index (χ4v) is 3.40. The quantitative estimate of drug-likeness (QED) is 0.728. The molecule has 112 valence electrons. The fourth-order valence-electron chi connectivity index (χ4n) is 3.40. The molecular formula is C15H29FN2O. The Bertz CT molecular complexity index is 295. The number of piperidine rings is 1. The molecular weight excluding hydrogens is 243 g/mol. The van der Waals surface area contributed by atoms with E-state index in [1.54, 1.807) is 0 Å². The zero-order valence-electron chi connectivity index (χ0n) is 13.0. The SMILES string of the molecule is C[C@@H]1CN([C@@H]2CCN(C(C)(C)C)C[C@@H]2F)C[C@H](C)O1. The van der Waals surface area contributed by atoms with E-state index in [0.29, 0.717) is 6.54 Å². The van der Waals surface area contributed by atoms with E-state index in [1.807, 2.05) is 0 Å². The van der Waals surface area contributed by atoms with Crippen molar-refractivity contribution in [3.05, 3.63) is 0 Å². The van der Waals surface area contributed by atoms with Crippen molar-refractivity contribution in [1.29, 1.82) is 0 Å². The minimum absolute atomic E-state index is 0.0703. The highest BCUT2D eigenvalue weighted by Crippen LogP contribution is 2.27. The van der Waals surface area contributed by atoms with Crippen molar-refractivity contribution in [1.82, 2.24) is 9.80 Å². The molecule has 2 rings (SSSR count). The van der Waals surface area contributed by atoms with Gasteiger partial charge in [-0.15, -0.1) is 0 Å². The fraction of sp³-hybridized carbons (Fsp3) is 1.00. The lowest BCUT2D eigenvalue weighted by molar-refractivity contribution is -0.102. The highest BCUT2D eigenvalue weighted by atomic mass is 19.1. The average molecular weight is 272 g/mol.